The van der Waals surface area contributed by atoms with Crippen molar-refractivity contribution in [1.82, 2.24) is 0 Å². The number of allylic oxidation sites excluding steroid dienone is 9. The van der Waals surface area contributed by atoms with Gasteiger partial charge in [0.1, 0.15) is 5.75 Å². The maximum atomic E-state index is 12.4. The lowest BCUT2D eigenvalue weighted by atomic mass is 9.72. The SMILES string of the molecule is CCC(C(=O)O)c1cc(NC(=O)/C=C(C)/C=C/C=C(C)/C=C/C2=C(C)CCCC2(C)C)ccc1O. The number of nitrogens with one attached hydrogen (secondary N) is 1. The molecule has 0 bridgehead atoms. The molecule has 1 aromatic rings. The van der Waals surface area contributed by atoms with E-state index >= 15 is 0 Å². The number of carbonyl (C=O) groups excluding carboxylic acids is 1. The van der Waals surface area contributed by atoms with Crippen molar-refractivity contribution in [2.75, 3.05) is 5.32 Å². The third-order valence-electron chi connectivity index (χ3n) is 6.51. The van der Waals surface area contributed by atoms with E-state index in [9.17, 15) is 19.8 Å². The van der Waals surface area contributed by atoms with E-state index in [1.165, 1.54) is 48.6 Å². The number of phenolic OH excluding ortho intramolecular Hbond substituents is 1. The van der Waals surface area contributed by atoms with Crippen molar-refractivity contribution in [2.45, 2.75) is 73.1 Å². The highest BCUT2D eigenvalue weighted by Crippen LogP contribution is 2.40. The molecule has 1 amide bonds. The number of carboxylic acids is 1. The van der Waals surface area contributed by atoms with Crippen LogP contribution in [0.1, 0.15) is 78.7 Å². The van der Waals surface area contributed by atoms with Crippen molar-refractivity contribution < 1.29 is 19.8 Å². The standard InChI is InChI=1S/C30H39NO4/c1-7-24(29(34)35)25-19-23(14-16-27(25)32)31-28(33)18-21(3)11-8-10-20(2)13-15-26-22(4)12-9-17-30(26,5)6/h8,10-11,13-16,18-19,24,32H,7,9,12,17H2,1-6H3,(H,31,33)(H,34,35)/b11-8+,15-13+,20-10+,21-18+. The lowest BCUT2D eigenvalue weighted by Crippen LogP contribution is -2.19. The summed E-state index contributed by atoms with van der Waals surface area (Å²) < 4.78 is 0. The molecule has 0 heterocycles. The van der Waals surface area contributed by atoms with E-state index in [0.29, 0.717) is 12.1 Å². The van der Waals surface area contributed by atoms with E-state index < -0.39 is 11.9 Å². The number of phenols is 1. The maximum Gasteiger partial charge on any atom is 0.311 e. The fourth-order valence-electron chi connectivity index (χ4n) is 4.50. The largest absolute Gasteiger partial charge is 0.508 e. The van der Waals surface area contributed by atoms with Crippen LogP contribution in [0, 0.1) is 5.41 Å². The van der Waals surface area contributed by atoms with Gasteiger partial charge in [-0.25, -0.2) is 0 Å². The molecule has 0 spiro atoms. The Balaban J connectivity index is 2.04. The molecule has 0 saturated carbocycles. The van der Waals surface area contributed by atoms with Crippen molar-refractivity contribution in [3.05, 3.63) is 82.5 Å². The second-order valence-corrected chi connectivity index (χ2v) is 9.98. The lowest BCUT2D eigenvalue weighted by molar-refractivity contribution is -0.138. The molecule has 1 aliphatic rings. The first kappa shape index (κ1) is 27.9. The third kappa shape index (κ3) is 8.13. The van der Waals surface area contributed by atoms with Crippen LogP contribution in [0.15, 0.2) is 76.9 Å². The van der Waals surface area contributed by atoms with Gasteiger partial charge in [-0.2, -0.15) is 0 Å². The Bertz CT molecular complexity index is 1100. The van der Waals surface area contributed by atoms with Gasteiger partial charge in [0.2, 0.25) is 5.91 Å². The smallest absolute Gasteiger partial charge is 0.311 e. The summed E-state index contributed by atoms with van der Waals surface area (Å²) in [5.74, 6) is -2.27. The van der Waals surface area contributed by atoms with E-state index in [1.54, 1.807) is 13.0 Å². The first-order valence-corrected chi connectivity index (χ1v) is 12.2. The van der Waals surface area contributed by atoms with Gasteiger partial charge in [0.25, 0.3) is 0 Å². The molecule has 1 atom stereocenters. The van der Waals surface area contributed by atoms with Gasteiger partial charge in [0, 0.05) is 17.3 Å². The van der Waals surface area contributed by atoms with Gasteiger partial charge >= 0.3 is 5.97 Å². The fraction of sp³-hybridized carbons (Fsp3) is 0.400. The number of carbonyl (C=O) groups is 2. The molecule has 1 unspecified atom stereocenters. The predicted octanol–water partition coefficient (Wildman–Crippen LogP) is 7.44. The van der Waals surface area contributed by atoms with Crippen LogP contribution in [0.5, 0.6) is 5.75 Å². The minimum absolute atomic E-state index is 0.0957. The second kappa shape index (κ2) is 12.4. The van der Waals surface area contributed by atoms with E-state index in [1.807, 2.05) is 25.2 Å². The highest BCUT2D eigenvalue weighted by molar-refractivity contribution is 6.00. The lowest BCUT2D eigenvalue weighted by Gasteiger charge is -2.32. The predicted molar refractivity (Wildman–Crippen MR) is 144 cm³/mol. The number of benzene rings is 1. The summed E-state index contributed by atoms with van der Waals surface area (Å²) in [6, 6.07) is 4.46. The summed E-state index contributed by atoms with van der Waals surface area (Å²) in [7, 11) is 0. The topological polar surface area (TPSA) is 86.6 Å². The Hall–Kier alpha value is -3.34. The average Bonchev–Trinajstić information content (AvgIpc) is 2.75. The van der Waals surface area contributed by atoms with Crippen molar-refractivity contribution >= 4 is 17.6 Å². The van der Waals surface area contributed by atoms with Crippen LogP contribution < -0.4 is 5.32 Å². The van der Waals surface area contributed by atoms with Gasteiger partial charge in [0.15, 0.2) is 0 Å². The third-order valence-corrected chi connectivity index (χ3v) is 6.51. The van der Waals surface area contributed by atoms with Gasteiger partial charge in [-0.05, 0) is 81.2 Å². The van der Waals surface area contributed by atoms with Gasteiger partial charge in [-0.3, -0.25) is 9.59 Å². The van der Waals surface area contributed by atoms with Gasteiger partial charge in [0.05, 0.1) is 5.92 Å². The maximum absolute atomic E-state index is 12.4. The van der Waals surface area contributed by atoms with Crippen LogP contribution in [0.3, 0.4) is 0 Å². The van der Waals surface area contributed by atoms with Gasteiger partial charge in [-0.15, -0.1) is 0 Å². The van der Waals surface area contributed by atoms with E-state index in [2.05, 4.69) is 45.2 Å². The summed E-state index contributed by atoms with van der Waals surface area (Å²) in [6.07, 6.45) is 15.6. The van der Waals surface area contributed by atoms with E-state index in [0.717, 1.165) is 11.1 Å². The van der Waals surface area contributed by atoms with Gasteiger partial charge < -0.3 is 15.5 Å². The molecule has 0 radical (unpaired) electrons. The molecule has 0 aliphatic heterocycles. The average molecular weight is 478 g/mol. The van der Waals surface area contributed by atoms with Crippen LogP contribution in [-0.2, 0) is 9.59 Å². The Morgan fingerprint density at radius 2 is 1.89 bits per heavy atom. The summed E-state index contributed by atoms with van der Waals surface area (Å²) in [5, 5.41) is 22.2. The normalized spacial score (nSPS) is 17.8. The molecule has 35 heavy (non-hydrogen) atoms. The molecule has 1 aromatic carbocycles. The number of carboxylic acid groups (broad SMARTS) is 1. The summed E-state index contributed by atoms with van der Waals surface area (Å²) in [5.41, 5.74) is 5.74. The zero-order valence-electron chi connectivity index (χ0n) is 21.8. The Morgan fingerprint density at radius 3 is 2.51 bits per heavy atom. The first-order valence-electron chi connectivity index (χ1n) is 12.2. The summed E-state index contributed by atoms with van der Waals surface area (Å²) in [6.45, 7) is 12.5. The Morgan fingerprint density at radius 1 is 1.17 bits per heavy atom. The molecule has 5 nitrogen and oxygen atoms in total. The van der Waals surface area contributed by atoms with Crippen LogP contribution in [0.2, 0.25) is 0 Å². The Labute approximate surface area is 209 Å². The zero-order valence-corrected chi connectivity index (χ0v) is 21.8. The van der Waals surface area contributed by atoms with Crippen LogP contribution in [-0.4, -0.2) is 22.1 Å². The number of aliphatic carboxylic acids is 1. The van der Waals surface area contributed by atoms with Crippen LogP contribution in [0.4, 0.5) is 5.69 Å². The number of aromatic hydroxyl groups is 1. The molecule has 0 fully saturated rings. The van der Waals surface area contributed by atoms with E-state index in [4.69, 9.17) is 0 Å². The highest BCUT2D eigenvalue weighted by Gasteiger charge is 2.26. The molecular weight excluding hydrogens is 438 g/mol. The Kier molecular flexibility index (Phi) is 9.88. The monoisotopic (exact) mass is 477 g/mol. The van der Waals surface area contributed by atoms with E-state index in [-0.39, 0.29) is 22.6 Å². The number of anilines is 1. The van der Waals surface area contributed by atoms with Gasteiger partial charge in [-0.1, -0.05) is 62.3 Å². The molecule has 1 aliphatic carbocycles. The van der Waals surface area contributed by atoms with Crippen molar-refractivity contribution in [3.8, 4) is 5.75 Å². The van der Waals surface area contributed by atoms with Crippen molar-refractivity contribution in [3.63, 3.8) is 0 Å². The minimum atomic E-state index is -1.01. The van der Waals surface area contributed by atoms with Crippen molar-refractivity contribution in [1.29, 1.82) is 0 Å². The number of rotatable bonds is 9. The zero-order chi connectivity index (χ0) is 26.2. The quantitative estimate of drug-likeness (QED) is 0.196. The first-order chi connectivity index (χ1) is 16.4. The molecule has 2 rings (SSSR count). The number of hydrogen-bond acceptors (Lipinski definition) is 3. The number of amides is 1. The summed E-state index contributed by atoms with van der Waals surface area (Å²) >= 11 is 0. The van der Waals surface area contributed by atoms with Crippen LogP contribution >= 0.6 is 0 Å². The highest BCUT2D eigenvalue weighted by atomic mass is 16.4. The molecule has 0 saturated heterocycles. The molecule has 0 aromatic heterocycles. The minimum Gasteiger partial charge on any atom is -0.508 e. The van der Waals surface area contributed by atoms with Crippen LogP contribution in [0.25, 0.3) is 0 Å². The molecular formula is C30H39NO4. The summed E-state index contributed by atoms with van der Waals surface area (Å²) in [4.78, 5) is 23.9. The fourth-order valence-corrected chi connectivity index (χ4v) is 4.50. The molecule has 5 heteroatoms. The second-order valence-electron chi connectivity index (χ2n) is 9.98. The number of hydrogen-bond donors (Lipinski definition) is 3. The molecule has 188 valence electrons. The van der Waals surface area contributed by atoms with Crippen molar-refractivity contribution in [2.24, 2.45) is 5.41 Å². The molecule has 3 N–H and O–H groups in total.